The lowest BCUT2D eigenvalue weighted by Gasteiger charge is -2.20. The zero-order valence-corrected chi connectivity index (χ0v) is 35.0. The lowest BCUT2D eigenvalue weighted by atomic mass is 10.0. The van der Waals surface area contributed by atoms with E-state index in [9.17, 15) is 28.9 Å². The van der Waals surface area contributed by atoms with Crippen molar-refractivity contribution in [2.45, 2.75) is 193 Å². The first-order chi connectivity index (χ1) is 26.5. The molecule has 0 fully saturated rings. The van der Waals surface area contributed by atoms with Crippen LogP contribution < -0.4 is 5.73 Å². The fourth-order valence-corrected chi connectivity index (χ4v) is 6.38. The molecule has 0 aliphatic rings. The van der Waals surface area contributed by atoms with Gasteiger partial charge in [0.05, 0.1) is 19.3 Å². The Morgan fingerprint density at radius 2 is 1.18 bits per heavy atom. The number of nitrogens with two attached hydrogens (primary N) is 1. The molecule has 2 unspecified atom stereocenters. The van der Waals surface area contributed by atoms with Gasteiger partial charge in [-0.3, -0.25) is 23.4 Å². The van der Waals surface area contributed by atoms with Crippen LogP contribution in [0.3, 0.4) is 0 Å². The minimum Gasteiger partial charge on any atom is -0.480 e. The quantitative estimate of drug-likeness (QED) is 0.0151. The molecule has 0 aromatic heterocycles. The highest BCUT2D eigenvalue weighted by molar-refractivity contribution is 7.47. The second kappa shape index (κ2) is 37.2. The van der Waals surface area contributed by atoms with Crippen LogP contribution in [0, 0.1) is 0 Å². The predicted octanol–water partition coefficient (Wildman–Crippen LogP) is 9.81. The highest BCUT2D eigenvalue weighted by atomic mass is 31.2. The third-order valence-corrected chi connectivity index (χ3v) is 9.95. The average molecular weight is 802 g/mol. The topological polar surface area (TPSA) is 192 Å². The lowest BCUT2D eigenvalue weighted by Crippen LogP contribution is -2.34. The van der Waals surface area contributed by atoms with Gasteiger partial charge in [-0.15, -0.1) is 0 Å². The average Bonchev–Trinajstić information content (AvgIpc) is 3.15. The van der Waals surface area contributed by atoms with Gasteiger partial charge in [-0.1, -0.05) is 159 Å². The van der Waals surface area contributed by atoms with Gasteiger partial charge >= 0.3 is 25.7 Å². The van der Waals surface area contributed by atoms with Gasteiger partial charge in [-0.2, -0.15) is 0 Å². The second-order valence-electron chi connectivity index (χ2n) is 14.3. The number of rotatable bonds is 39. The maximum absolute atomic E-state index is 12.6. The highest BCUT2D eigenvalue weighted by Crippen LogP contribution is 2.43. The Morgan fingerprint density at radius 3 is 1.76 bits per heavy atom. The maximum Gasteiger partial charge on any atom is 0.472 e. The van der Waals surface area contributed by atoms with E-state index in [1.165, 1.54) is 96.3 Å². The van der Waals surface area contributed by atoms with Gasteiger partial charge in [0.25, 0.3) is 0 Å². The minimum atomic E-state index is -4.76. The van der Waals surface area contributed by atoms with Gasteiger partial charge < -0.3 is 30.3 Å². The van der Waals surface area contributed by atoms with Crippen molar-refractivity contribution in [1.29, 1.82) is 0 Å². The Bertz CT molecular complexity index is 1100. The molecule has 55 heavy (non-hydrogen) atoms. The standard InChI is InChI=1S/C42H76NO11P/c1-3-5-7-9-11-13-15-17-19-21-23-25-27-30-37(44)31-29-33-41(46)54-38(35-52-55(49,50)53-36-39(43)42(47)48)34-51-40(45)32-28-26-24-22-20-18-16-14-12-10-8-6-4-2/h17,19,23,25,27,30,37-39,44H,3-16,18,20-22,24,26,28-29,31-36,43H2,1-2H3,(H,47,48)(H,49,50)/b19-17+,25-23+,30-27+/t37?,38-,39+/m1/s1. The van der Waals surface area contributed by atoms with Crippen molar-refractivity contribution in [1.82, 2.24) is 0 Å². The molecule has 0 bridgehead atoms. The van der Waals surface area contributed by atoms with Crippen LogP contribution in [-0.2, 0) is 37.5 Å². The molecular formula is C42H76NO11P. The van der Waals surface area contributed by atoms with Crippen LogP contribution in [0.4, 0.5) is 0 Å². The van der Waals surface area contributed by atoms with E-state index in [1.54, 1.807) is 12.2 Å². The number of phosphoric ester groups is 1. The molecule has 0 saturated heterocycles. The number of hydrogen-bond acceptors (Lipinski definition) is 10. The molecule has 0 aromatic carbocycles. The van der Waals surface area contributed by atoms with E-state index in [-0.39, 0.29) is 12.8 Å². The van der Waals surface area contributed by atoms with Crippen molar-refractivity contribution in [3.05, 3.63) is 36.5 Å². The van der Waals surface area contributed by atoms with Crippen molar-refractivity contribution in [3.63, 3.8) is 0 Å². The number of hydrogen-bond donors (Lipinski definition) is 4. The highest BCUT2D eigenvalue weighted by Gasteiger charge is 2.28. The first-order valence-electron chi connectivity index (χ1n) is 21.1. The van der Waals surface area contributed by atoms with Gasteiger partial charge in [0, 0.05) is 12.8 Å². The number of carboxylic acids is 1. The third-order valence-electron chi connectivity index (χ3n) is 9.00. The van der Waals surface area contributed by atoms with E-state index >= 15 is 0 Å². The minimum absolute atomic E-state index is 0.0612. The van der Waals surface area contributed by atoms with Gasteiger partial charge in [-0.05, 0) is 38.5 Å². The molecule has 0 saturated carbocycles. The third kappa shape index (κ3) is 37.0. The molecule has 13 heteroatoms. The number of carbonyl (C=O) groups is 3. The lowest BCUT2D eigenvalue weighted by molar-refractivity contribution is -0.161. The molecule has 0 radical (unpaired) electrons. The molecule has 0 amide bonds. The summed E-state index contributed by atoms with van der Waals surface area (Å²) in [6, 6.07) is -1.55. The molecule has 0 spiro atoms. The number of esters is 2. The molecule has 0 aromatic rings. The van der Waals surface area contributed by atoms with Gasteiger partial charge in [0.15, 0.2) is 6.10 Å². The first kappa shape index (κ1) is 52.7. The fourth-order valence-electron chi connectivity index (χ4n) is 5.60. The van der Waals surface area contributed by atoms with E-state index in [0.29, 0.717) is 19.3 Å². The summed E-state index contributed by atoms with van der Waals surface area (Å²) in [5.41, 5.74) is 5.31. The molecule has 0 aliphatic carbocycles. The number of aliphatic carboxylic acids is 1. The Labute approximate surface area is 332 Å². The van der Waals surface area contributed by atoms with Crippen molar-refractivity contribution in [3.8, 4) is 0 Å². The number of carboxylic acid groups (broad SMARTS) is 1. The summed E-state index contributed by atoms with van der Waals surface area (Å²) in [6.45, 7) is 2.60. The van der Waals surface area contributed by atoms with Crippen molar-refractivity contribution in [2.75, 3.05) is 19.8 Å². The summed E-state index contributed by atoms with van der Waals surface area (Å²) in [7, 11) is -4.76. The molecule has 0 aliphatic heterocycles. The Balaban J connectivity index is 4.58. The van der Waals surface area contributed by atoms with Gasteiger partial charge in [0.1, 0.15) is 12.6 Å². The summed E-state index contributed by atoms with van der Waals surface area (Å²) in [5.74, 6) is -2.60. The number of aliphatic hydroxyl groups is 1. The SMILES string of the molecule is CCCCCCCC/C=C/C/C=C/C=C/C(O)CCCC(=O)O[C@H](COC(=O)CCCCCCCCCCCCCCC)COP(=O)(O)OC[C@H](N)C(=O)O. The van der Waals surface area contributed by atoms with Crippen LogP contribution in [0.5, 0.6) is 0 Å². The van der Waals surface area contributed by atoms with E-state index in [4.69, 9.17) is 24.8 Å². The molecule has 0 rings (SSSR count). The normalized spacial score (nSPS) is 14.7. The van der Waals surface area contributed by atoms with Crippen molar-refractivity contribution >= 4 is 25.7 Å². The number of aliphatic hydroxyl groups excluding tert-OH is 1. The van der Waals surface area contributed by atoms with Gasteiger partial charge in [0.2, 0.25) is 0 Å². The molecule has 12 nitrogen and oxygen atoms in total. The van der Waals surface area contributed by atoms with Gasteiger partial charge in [-0.25, -0.2) is 4.57 Å². The van der Waals surface area contributed by atoms with E-state index in [0.717, 1.165) is 32.1 Å². The molecule has 320 valence electrons. The summed E-state index contributed by atoms with van der Waals surface area (Å²) in [6.07, 6.45) is 35.3. The van der Waals surface area contributed by atoms with Crippen LogP contribution in [0.25, 0.3) is 0 Å². The zero-order valence-electron chi connectivity index (χ0n) is 34.1. The zero-order chi connectivity index (χ0) is 40.8. The molecule has 0 heterocycles. The van der Waals surface area contributed by atoms with E-state index in [2.05, 4.69) is 30.5 Å². The van der Waals surface area contributed by atoms with Crippen molar-refractivity contribution < 1.29 is 52.6 Å². The Kier molecular flexibility index (Phi) is 35.7. The van der Waals surface area contributed by atoms with E-state index in [1.807, 2.05) is 12.2 Å². The van der Waals surface area contributed by atoms with Crippen LogP contribution in [0.15, 0.2) is 36.5 Å². The molecule has 4 atom stereocenters. The largest absolute Gasteiger partial charge is 0.480 e. The Morgan fingerprint density at radius 1 is 0.655 bits per heavy atom. The predicted molar refractivity (Wildman–Crippen MR) is 218 cm³/mol. The number of allylic oxidation sites excluding steroid dienone is 5. The first-order valence-corrected chi connectivity index (χ1v) is 22.6. The number of ether oxygens (including phenoxy) is 2. The number of phosphoric acid groups is 1. The maximum atomic E-state index is 12.6. The van der Waals surface area contributed by atoms with Crippen LogP contribution in [0.1, 0.15) is 174 Å². The number of carbonyl (C=O) groups excluding carboxylic acids is 2. The Hall–Kier alpha value is -2.34. The summed E-state index contributed by atoms with van der Waals surface area (Å²) < 4.78 is 32.5. The summed E-state index contributed by atoms with van der Waals surface area (Å²) in [4.78, 5) is 45.9. The van der Waals surface area contributed by atoms with Crippen LogP contribution in [0.2, 0.25) is 0 Å². The smallest absolute Gasteiger partial charge is 0.472 e. The van der Waals surface area contributed by atoms with E-state index < -0.39 is 63.8 Å². The fraction of sp³-hybridized carbons (Fsp3) is 0.786. The molecular weight excluding hydrogens is 725 g/mol. The van der Waals surface area contributed by atoms with Crippen molar-refractivity contribution in [2.24, 2.45) is 5.73 Å². The summed E-state index contributed by atoms with van der Waals surface area (Å²) >= 11 is 0. The van der Waals surface area contributed by atoms with Crippen LogP contribution >= 0.6 is 7.82 Å². The van der Waals surface area contributed by atoms with Crippen LogP contribution in [-0.4, -0.2) is 71.1 Å². The number of unbranched alkanes of at least 4 members (excludes halogenated alkanes) is 18. The summed E-state index contributed by atoms with van der Waals surface area (Å²) in [5, 5.41) is 19.1. The molecule has 5 N–H and O–H groups in total. The monoisotopic (exact) mass is 802 g/mol. The second-order valence-corrected chi connectivity index (χ2v) is 15.8.